The summed E-state index contributed by atoms with van der Waals surface area (Å²) in [7, 11) is -4.14. The number of amides is 2. The summed E-state index contributed by atoms with van der Waals surface area (Å²) in [4.78, 5) is 29.7. The lowest BCUT2D eigenvalue weighted by Crippen LogP contribution is -2.52. The quantitative estimate of drug-likeness (QED) is 0.237. The molecule has 0 heterocycles. The molecule has 10 heteroatoms. The highest BCUT2D eigenvalue weighted by molar-refractivity contribution is 7.98. The summed E-state index contributed by atoms with van der Waals surface area (Å²) in [5.74, 6) is -0.209. The molecule has 0 aliphatic heterocycles. The van der Waals surface area contributed by atoms with E-state index in [4.69, 9.17) is 4.74 Å². The monoisotopic (exact) mass is 611 g/mol. The molecule has 226 valence electrons. The zero-order valence-electron chi connectivity index (χ0n) is 25.2. The highest BCUT2D eigenvalue weighted by atomic mass is 32.2. The molecule has 0 aliphatic carbocycles. The summed E-state index contributed by atoms with van der Waals surface area (Å²) in [6, 6.07) is 19.9. The molecule has 0 unspecified atom stereocenters. The third-order valence-electron chi connectivity index (χ3n) is 7.00. The zero-order chi connectivity index (χ0) is 30.9. The van der Waals surface area contributed by atoms with Crippen LogP contribution in [0.1, 0.15) is 45.2 Å². The Morgan fingerprint density at radius 2 is 1.55 bits per heavy atom. The molecule has 0 fully saturated rings. The van der Waals surface area contributed by atoms with Gasteiger partial charge in [-0.05, 0) is 94.5 Å². The van der Waals surface area contributed by atoms with Gasteiger partial charge in [-0.1, -0.05) is 36.8 Å². The maximum absolute atomic E-state index is 14.1. The highest BCUT2D eigenvalue weighted by Crippen LogP contribution is 2.28. The van der Waals surface area contributed by atoms with Crippen molar-refractivity contribution in [2.24, 2.45) is 0 Å². The van der Waals surface area contributed by atoms with Crippen LogP contribution in [0.15, 0.2) is 82.6 Å². The summed E-state index contributed by atoms with van der Waals surface area (Å²) >= 11 is 1.51. The number of hydrogen-bond acceptors (Lipinski definition) is 6. The molecule has 0 bridgehead atoms. The summed E-state index contributed by atoms with van der Waals surface area (Å²) in [5.41, 5.74) is 2.22. The second kappa shape index (κ2) is 15.1. The number of thioether (sulfide) groups is 1. The second-order valence-electron chi connectivity index (χ2n) is 10.1. The Hall–Kier alpha value is -3.50. The predicted molar refractivity (Wildman–Crippen MR) is 169 cm³/mol. The lowest BCUT2D eigenvalue weighted by Gasteiger charge is -2.32. The number of rotatable bonds is 14. The first-order valence-corrected chi connectivity index (χ1v) is 16.7. The molecule has 42 heavy (non-hydrogen) atoms. The minimum Gasteiger partial charge on any atom is -0.494 e. The third-order valence-corrected chi connectivity index (χ3v) is 9.54. The van der Waals surface area contributed by atoms with E-state index < -0.39 is 28.5 Å². The van der Waals surface area contributed by atoms with Crippen molar-refractivity contribution >= 4 is 39.3 Å². The van der Waals surface area contributed by atoms with Crippen LogP contribution >= 0.6 is 11.8 Å². The number of carbonyl (C=O) groups is 2. The van der Waals surface area contributed by atoms with E-state index in [0.717, 1.165) is 26.7 Å². The van der Waals surface area contributed by atoms with E-state index in [9.17, 15) is 18.0 Å². The van der Waals surface area contributed by atoms with E-state index in [1.165, 1.54) is 16.7 Å². The number of anilines is 1. The number of sulfonamides is 1. The smallest absolute Gasteiger partial charge is 0.264 e. The molecule has 0 aromatic heterocycles. The summed E-state index contributed by atoms with van der Waals surface area (Å²) in [6.45, 7) is 9.49. The van der Waals surface area contributed by atoms with Crippen LogP contribution in [0.3, 0.4) is 0 Å². The molecule has 8 nitrogen and oxygen atoms in total. The van der Waals surface area contributed by atoms with Crippen molar-refractivity contribution < 1.29 is 22.7 Å². The van der Waals surface area contributed by atoms with Crippen molar-refractivity contribution in [3.63, 3.8) is 0 Å². The lowest BCUT2D eigenvalue weighted by atomic mass is 10.1. The molecule has 3 aromatic carbocycles. The fourth-order valence-corrected chi connectivity index (χ4v) is 6.04. The number of nitrogens with one attached hydrogen (secondary N) is 1. The van der Waals surface area contributed by atoms with Gasteiger partial charge in [0.2, 0.25) is 11.8 Å². The molecule has 0 saturated carbocycles. The van der Waals surface area contributed by atoms with Gasteiger partial charge >= 0.3 is 0 Å². The van der Waals surface area contributed by atoms with E-state index in [2.05, 4.69) is 5.32 Å². The normalized spacial score (nSPS) is 12.7. The first kappa shape index (κ1) is 33.0. The highest BCUT2D eigenvalue weighted by Gasteiger charge is 2.32. The molecular weight excluding hydrogens is 571 g/mol. The van der Waals surface area contributed by atoms with Crippen molar-refractivity contribution in [3.8, 4) is 5.75 Å². The topological polar surface area (TPSA) is 96.0 Å². The van der Waals surface area contributed by atoms with Gasteiger partial charge < -0.3 is 15.0 Å². The van der Waals surface area contributed by atoms with Crippen LogP contribution in [0.25, 0.3) is 0 Å². The number of hydrogen-bond donors (Lipinski definition) is 1. The Bertz CT molecular complexity index is 1430. The zero-order valence-corrected chi connectivity index (χ0v) is 26.8. The van der Waals surface area contributed by atoms with Gasteiger partial charge in [0.25, 0.3) is 10.0 Å². The molecule has 0 aliphatic rings. The third kappa shape index (κ3) is 8.51. The Labute approximate surface area is 254 Å². The fourth-order valence-electron chi connectivity index (χ4n) is 4.22. The molecule has 1 N–H and O–H groups in total. The molecule has 3 rings (SSSR count). The lowest BCUT2D eigenvalue weighted by molar-refractivity contribution is -0.139. The van der Waals surface area contributed by atoms with Crippen molar-refractivity contribution in [2.75, 3.05) is 23.7 Å². The van der Waals surface area contributed by atoms with Crippen LogP contribution in [0.5, 0.6) is 5.75 Å². The number of aryl methyl sites for hydroxylation is 1. The van der Waals surface area contributed by atoms with Crippen LogP contribution in [-0.2, 0) is 26.2 Å². The molecular formula is C32H41N3O5S2. The molecule has 0 saturated heterocycles. The molecule has 0 spiro atoms. The maximum Gasteiger partial charge on any atom is 0.264 e. The number of nitrogens with zero attached hydrogens (tertiary/aromatic N) is 2. The van der Waals surface area contributed by atoms with Crippen molar-refractivity contribution in [3.05, 3.63) is 83.9 Å². The van der Waals surface area contributed by atoms with Gasteiger partial charge in [-0.15, -0.1) is 11.8 Å². The average molecular weight is 612 g/mol. The van der Waals surface area contributed by atoms with E-state index in [0.29, 0.717) is 18.0 Å². The van der Waals surface area contributed by atoms with Gasteiger partial charge in [-0.2, -0.15) is 0 Å². The molecule has 2 atom stereocenters. The standard InChI is InChI=1S/C32H41N3O5S2/c1-7-24(4)33-32(37)25(5)34(21-26-11-9-23(3)10-12-26)31(36)22-35(27-13-15-28(16-14-27)40-8-2)42(38,39)30-19-17-29(41-6)18-20-30/h9-20,24-25H,7-8,21-22H2,1-6H3,(H,33,37)/t24-,25-/m0/s1. The van der Waals surface area contributed by atoms with Crippen LogP contribution < -0.4 is 14.4 Å². The summed E-state index contributed by atoms with van der Waals surface area (Å²) < 4.78 is 34.7. The Kier molecular flexibility index (Phi) is 11.9. The molecule has 3 aromatic rings. The Morgan fingerprint density at radius 3 is 2.10 bits per heavy atom. The van der Waals surface area contributed by atoms with Gasteiger partial charge in [0.1, 0.15) is 18.3 Å². The maximum atomic E-state index is 14.1. The van der Waals surface area contributed by atoms with Crippen LogP contribution in [-0.4, -0.2) is 56.6 Å². The van der Waals surface area contributed by atoms with Crippen LogP contribution in [0.4, 0.5) is 5.69 Å². The fraction of sp³-hybridized carbons (Fsp3) is 0.375. The minimum atomic E-state index is -4.14. The summed E-state index contributed by atoms with van der Waals surface area (Å²) in [5, 5.41) is 2.95. The van der Waals surface area contributed by atoms with Crippen molar-refractivity contribution in [2.45, 2.75) is 69.5 Å². The Morgan fingerprint density at radius 1 is 0.929 bits per heavy atom. The molecule has 0 radical (unpaired) electrons. The van der Waals surface area contributed by atoms with Crippen LogP contribution in [0, 0.1) is 6.92 Å². The van der Waals surface area contributed by atoms with Gasteiger partial charge in [-0.3, -0.25) is 13.9 Å². The predicted octanol–water partition coefficient (Wildman–Crippen LogP) is 5.64. The summed E-state index contributed by atoms with van der Waals surface area (Å²) in [6.07, 6.45) is 2.65. The first-order valence-electron chi connectivity index (χ1n) is 14.0. The van der Waals surface area contributed by atoms with Crippen molar-refractivity contribution in [1.29, 1.82) is 0 Å². The number of carbonyl (C=O) groups excluding carboxylic acids is 2. The number of benzene rings is 3. The van der Waals surface area contributed by atoms with Gasteiger partial charge in [0.05, 0.1) is 17.2 Å². The van der Waals surface area contributed by atoms with E-state index >= 15 is 0 Å². The Balaban J connectivity index is 2.03. The van der Waals surface area contributed by atoms with E-state index in [-0.39, 0.29) is 23.4 Å². The van der Waals surface area contributed by atoms with Crippen LogP contribution in [0.2, 0.25) is 0 Å². The number of ether oxygens (including phenoxy) is 1. The SMILES string of the molecule is CCOc1ccc(N(CC(=O)N(Cc2ccc(C)cc2)[C@@H](C)C(=O)N[C@@H](C)CC)S(=O)(=O)c2ccc(SC)cc2)cc1. The van der Waals surface area contributed by atoms with E-state index in [1.54, 1.807) is 55.5 Å². The average Bonchev–Trinajstić information content (AvgIpc) is 2.99. The second-order valence-corrected chi connectivity index (χ2v) is 12.9. The minimum absolute atomic E-state index is 0.0645. The largest absolute Gasteiger partial charge is 0.494 e. The van der Waals surface area contributed by atoms with Gasteiger partial charge in [-0.25, -0.2) is 8.42 Å². The van der Waals surface area contributed by atoms with E-state index in [1.807, 2.05) is 58.2 Å². The van der Waals surface area contributed by atoms with Crippen molar-refractivity contribution in [1.82, 2.24) is 10.2 Å². The van der Waals surface area contributed by atoms with Gasteiger partial charge in [0.15, 0.2) is 0 Å². The first-order chi connectivity index (χ1) is 20.0. The molecule has 2 amide bonds. The van der Waals surface area contributed by atoms with Gasteiger partial charge in [0, 0.05) is 17.5 Å².